The van der Waals surface area contributed by atoms with Crippen LogP contribution in [0.3, 0.4) is 0 Å². The molecule has 1 aromatic heterocycles. The lowest BCUT2D eigenvalue weighted by molar-refractivity contribution is -0.120. The Morgan fingerprint density at radius 3 is 2.33 bits per heavy atom. The van der Waals surface area contributed by atoms with Crippen LogP contribution < -0.4 is 10.3 Å². The Labute approximate surface area is 179 Å². The van der Waals surface area contributed by atoms with Gasteiger partial charge in [-0.2, -0.15) is 5.10 Å². The van der Waals surface area contributed by atoms with E-state index in [0.717, 1.165) is 41.3 Å². The largest absolute Gasteiger partial charge is 0.372 e. The molecule has 0 saturated carbocycles. The summed E-state index contributed by atoms with van der Waals surface area (Å²) < 4.78 is 2.21. The van der Waals surface area contributed by atoms with Crippen molar-refractivity contribution in [3.63, 3.8) is 0 Å². The molecule has 0 unspecified atom stereocenters. The number of rotatable bonds is 8. The van der Waals surface area contributed by atoms with Crippen molar-refractivity contribution in [3.8, 4) is 5.69 Å². The van der Waals surface area contributed by atoms with Gasteiger partial charge in [0.1, 0.15) is 0 Å². The van der Waals surface area contributed by atoms with Gasteiger partial charge in [0.2, 0.25) is 5.91 Å². The van der Waals surface area contributed by atoms with E-state index < -0.39 is 0 Å². The van der Waals surface area contributed by atoms with Gasteiger partial charge in [-0.15, -0.1) is 0 Å². The fourth-order valence-electron chi connectivity index (χ4n) is 3.71. The molecule has 0 spiro atoms. The highest BCUT2D eigenvalue weighted by Crippen LogP contribution is 2.22. The van der Waals surface area contributed by atoms with E-state index in [-0.39, 0.29) is 5.91 Å². The third-order valence-electron chi connectivity index (χ3n) is 5.31. The second-order valence-corrected chi connectivity index (χ2v) is 7.31. The van der Waals surface area contributed by atoms with Crippen LogP contribution in [0.25, 0.3) is 5.69 Å². The fraction of sp³-hybridized carbons (Fsp3) is 0.280. The molecular formula is C25H30N4O. The number of carbonyl (C=O) groups is 1. The molecule has 0 saturated heterocycles. The molecule has 3 rings (SSSR count). The topological polar surface area (TPSA) is 49.6 Å². The Bertz CT molecular complexity index is 1000. The van der Waals surface area contributed by atoms with Gasteiger partial charge in [-0.05, 0) is 63.6 Å². The minimum absolute atomic E-state index is 0.127. The van der Waals surface area contributed by atoms with Crippen molar-refractivity contribution >= 4 is 17.8 Å². The molecule has 0 radical (unpaired) electrons. The molecule has 0 atom stereocenters. The summed E-state index contributed by atoms with van der Waals surface area (Å²) >= 11 is 0. The molecule has 30 heavy (non-hydrogen) atoms. The Morgan fingerprint density at radius 1 is 1.03 bits per heavy atom. The molecule has 0 aliphatic rings. The number of amides is 1. The van der Waals surface area contributed by atoms with Gasteiger partial charge in [0.15, 0.2) is 0 Å². The average molecular weight is 403 g/mol. The van der Waals surface area contributed by atoms with E-state index >= 15 is 0 Å². The van der Waals surface area contributed by atoms with Gasteiger partial charge < -0.3 is 9.47 Å². The van der Waals surface area contributed by atoms with E-state index in [4.69, 9.17) is 0 Å². The van der Waals surface area contributed by atoms with Crippen LogP contribution in [0.2, 0.25) is 0 Å². The third kappa shape index (κ3) is 4.98. The van der Waals surface area contributed by atoms with E-state index in [9.17, 15) is 4.79 Å². The van der Waals surface area contributed by atoms with Gasteiger partial charge in [-0.1, -0.05) is 30.3 Å². The number of carbonyl (C=O) groups excluding carboxylic acids is 1. The molecular weight excluding hydrogens is 372 g/mol. The van der Waals surface area contributed by atoms with E-state index in [1.807, 2.05) is 30.3 Å². The number of nitrogens with one attached hydrogen (secondary N) is 1. The highest BCUT2D eigenvalue weighted by molar-refractivity contribution is 5.84. The maximum atomic E-state index is 12.1. The lowest BCUT2D eigenvalue weighted by atomic mass is 10.1. The summed E-state index contributed by atoms with van der Waals surface area (Å²) in [5, 5.41) is 4.16. The number of hydrogen-bond acceptors (Lipinski definition) is 3. The van der Waals surface area contributed by atoms with Crippen molar-refractivity contribution < 1.29 is 4.79 Å². The number of hydrazone groups is 1. The molecule has 0 aliphatic heterocycles. The van der Waals surface area contributed by atoms with Crippen LogP contribution >= 0.6 is 0 Å². The predicted octanol–water partition coefficient (Wildman–Crippen LogP) is 4.63. The standard InChI is InChI=1S/C25H30N4O/c1-5-28(6-2)23-12-14-24(15-13-23)29-19(3)16-22(20(29)4)18-26-27-25(30)17-21-10-8-7-9-11-21/h7-16,18H,5-6,17H2,1-4H3,(H,27,30)/b26-18+. The van der Waals surface area contributed by atoms with E-state index in [0.29, 0.717) is 6.42 Å². The summed E-state index contributed by atoms with van der Waals surface area (Å²) in [7, 11) is 0. The van der Waals surface area contributed by atoms with Crippen LogP contribution in [-0.2, 0) is 11.2 Å². The van der Waals surface area contributed by atoms with Gasteiger partial charge in [0.25, 0.3) is 0 Å². The minimum atomic E-state index is -0.127. The summed E-state index contributed by atoms with van der Waals surface area (Å²) in [6.07, 6.45) is 2.03. The molecule has 156 valence electrons. The number of benzene rings is 2. The smallest absolute Gasteiger partial charge is 0.244 e. The number of aromatic nitrogens is 1. The van der Waals surface area contributed by atoms with Crippen LogP contribution in [0.5, 0.6) is 0 Å². The van der Waals surface area contributed by atoms with Crippen LogP contribution in [0.4, 0.5) is 5.69 Å². The van der Waals surface area contributed by atoms with Crippen molar-refractivity contribution in [2.45, 2.75) is 34.1 Å². The molecule has 1 amide bonds. The van der Waals surface area contributed by atoms with Crippen molar-refractivity contribution in [2.75, 3.05) is 18.0 Å². The maximum absolute atomic E-state index is 12.1. The quantitative estimate of drug-likeness (QED) is 0.441. The highest BCUT2D eigenvalue weighted by Gasteiger charge is 2.10. The Kier molecular flexibility index (Phi) is 7.07. The van der Waals surface area contributed by atoms with Crippen LogP contribution in [-0.4, -0.2) is 29.8 Å². The van der Waals surface area contributed by atoms with Crippen LogP contribution in [0, 0.1) is 13.8 Å². The number of anilines is 1. The zero-order chi connectivity index (χ0) is 21.5. The normalized spacial score (nSPS) is 11.1. The Balaban J connectivity index is 1.71. The van der Waals surface area contributed by atoms with Crippen LogP contribution in [0.1, 0.15) is 36.4 Å². The predicted molar refractivity (Wildman–Crippen MR) is 125 cm³/mol. The molecule has 1 heterocycles. The maximum Gasteiger partial charge on any atom is 0.244 e. The Hall–Kier alpha value is -3.34. The average Bonchev–Trinajstić information content (AvgIpc) is 3.03. The first kappa shape index (κ1) is 21.4. The van der Waals surface area contributed by atoms with Gasteiger partial charge in [-0.3, -0.25) is 4.79 Å². The van der Waals surface area contributed by atoms with E-state index in [2.05, 4.69) is 78.0 Å². The van der Waals surface area contributed by atoms with Crippen molar-refractivity contribution in [2.24, 2.45) is 5.10 Å². The van der Waals surface area contributed by atoms with E-state index in [1.165, 1.54) is 5.69 Å². The first-order valence-corrected chi connectivity index (χ1v) is 10.4. The van der Waals surface area contributed by atoms with Crippen LogP contribution in [0.15, 0.2) is 65.8 Å². The molecule has 5 heteroatoms. The number of nitrogens with zero attached hydrogens (tertiary/aromatic N) is 3. The fourth-order valence-corrected chi connectivity index (χ4v) is 3.71. The molecule has 1 N–H and O–H groups in total. The lowest BCUT2D eigenvalue weighted by Crippen LogP contribution is -2.21. The number of aryl methyl sites for hydroxylation is 1. The zero-order valence-electron chi connectivity index (χ0n) is 18.2. The minimum Gasteiger partial charge on any atom is -0.372 e. The molecule has 5 nitrogen and oxygen atoms in total. The van der Waals surface area contributed by atoms with Gasteiger partial charge >= 0.3 is 0 Å². The van der Waals surface area contributed by atoms with Crippen molar-refractivity contribution in [1.29, 1.82) is 0 Å². The molecule has 0 bridgehead atoms. The second kappa shape index (κ2) is 9.92. The summed E-state index contributed by atoms with van der Waals surface area (Å²) in [5.41, 5.74) is 9.14. The summed E-state index contributed by atoms with van der Waals surface area (Å²) in [6, 6.07) is 20.4. The number of hydrogen-bond donors (Lipinski definition) is 1. The molecule has 2 aromatic carbocycles. The van der Waals surface area contributed by atoms with Gasteiger partial charge in [0.05, 0.1) is 12.6 Å². The monoisotopic (exact) mass is 402 g/mol. The van der Waals surface area contributed by atoms with Crippen molar-refractivity contribution in [3.05, 3.63) is 83.2 Å². The summed E-state index contributed by atoms with van der Waals surface area (Å²) in [4.78, 5) is 14.4. The molecule has 0 fully saturated rings. The first-order chi connectivity index (χ1) is 14.5. The summed E-state index contributed by atoms with van der Waals surface area (Å²) in [6.45, 7) is 10.5. The molecule has 3 aromatic rings. The second-order valence-electron chi connectivity index (χ2n) is 7.31. The lowest BCUT2D eigenvalue weighted by Gasteiger charge is -2.21. The summed E-state index contributed by atoms with van der Waals surface area (Å²) in [5.74, 6) is -0.127. The third-order valence-corrected chi connectivity index (χ3v) is 5.31. The van der Waals surface area contributed by atoms with Crippen molar-refractivity contribution in [1.82, 2.24) is 9.99 Å². The zero-order valence-corrected chi connectivity index (χ0v) is 18.2. The van der Waals surface area contributed by atoms with Gasteiger partial charge in [0, 0.05) is 41.4 Å². The Morgan fingerprint density at radius 2 is 1.70 bits per heavy atom. The molecule has 0 aliphatic carbocycles. The van der Waals surface area contributed by atoms with Gasteiger partial charge in [-0.25, -0.2) is 5.43 Å². The van der Waals surface area contributed by atoms with E-state index in [1.54, 1.807) is 6.21 Å². The first-order valence-electron chi connectivity index (χ1n) is 10.4. The SMILES string of the molecule is CCN(CC)c1ccc(-n2c(C)cc(/C=N/NC(=O)Cc3ccccc3)c2C)cc1. The highest BCUT2D eigenvalue weighted by atomic mass is 16.2.